The Balaban J connectivity index is 0.000000249. The van der Waals surface area contributed by atoms with Gasteiger partial charge < -0.3 is 4.98 Å². The maximum Gasteiger partial charge on any atom is 0.325 e. The Morgan fingerprint density at radius 1 is 0.606 bits per heavy atom. The molecule has 0 atom stereocenters. The maximum atomic E-state index is 12.7. The van der Waals surface area contributed by atoms with Crippen LogP contribution in [0.5, 0.6) is 0 Å². The van der Waals surface area contributed by atoms with Crippen molar-refractivity contribution in [3.05, 3.63) is 104 Å². The first-order valence-corrected chi connectivity index (χ1v) is 11.2. The minimum Gasteiger partial charge on any atom is -0.311 e. The molecule has 4 nitrogen and oxygen atoms in total. The van der Waals surface area contributed by atoms with Gasteiger partial charge in [0, 0.05) is 17.2 Å². The van der Waals surface area contributed by atoms with Gasteiger partial charge in [0.1, 0.15) is 5.82 Å². The molecule has 5 heteroatoms. The van der Waals surface area contributed by atoms with Crippen molar-refractivity contribution in [2.24, 2.45) is 0 Å². The van der Waals surface area contributed by atoms with Crippen LogP contribution in [0.1, 0.15) is 79.1 Å². The van der Waals surface area contributed by atoms with E-state index in [-0.39, 0.29) is 22.2 Å². The summed E-state index contributed by atoms with van der Waals surface area (Å²) in [5.41, 5.74) is 2.41. The molecule has 1 heterocycles. The zero-order valence-electron chi connectivity index (χ0n) is 21.5. The quantitative estimate of drug-likeness (QED) is 0.409. The molecule has 1 aromatic heterocycles. The summed E-state index contributed by atoms with van der Waals surface area (Å²) in [6, 6.07) is 18.7. The fourth-order valence-electron chi connectivity index (χ4n) is 2.77. The molecule has 0 amide bonds. The standard InChI is InChI=1S/C10H13F.C10H14.C8H12N2O2/c1-10(2,3)8-5-4-6-9(11)7-8;1-10(2,3)9-7-5-4-6-8-9;1-8(2,3)5-4-6(11)10-7(12)9-5/h4-7H,1-3H3;4-8H,1-3H3;4H,1-3H3,(H2,9,10,11,12). The number of rotatable bonds is 0. The highest BCUT2D eigenvalue weighted by Crippen LogP contribution is 2.22. The lowest BCUT2D eigenvalue weighted by molar-refractivity contribution is 0.562. The van der Waals surface area contributed by atoms with Crippen molar-refractivity contribution < 1.29 is 4.39 Å². The maximum absolute atomic E-state index is 12.7. The van der Waals surface area contributed by atoms with E-state index in [1.807, 2.05) is 26.8 Å². The smallest absolute Gasteiger partial charge is 0.311 e. The summed E-state index contributed by atoms with van der Waals surface area (Å²) in [6.45, 7) is 18.7. The van der Waals surface area contributed by atoms with Gasteiger partial charge in [-0.15, -0.1) is 0 Å². The Kier molecular flexibility index (Phi) is 9.58. The van der Waals surface area contributed by atoms with Gasteiger partial charge in [0.25, 0.3) is 5.56 Å². The number of nitrogens with one attached hydrogen (secondary N) is 2. The van der Waals surface area contributed by atoms with Gasteiger partial charge in [-0.1, -0.05) is 105 Å². The van der Waals surface area contributed by atoms with Crippen LogP contribution in [0.15, 0.2) is 70.3 Å². The van der Waals surface area contributed by atoms with E-state index in [0.717, 1.165) is 5.56 Å². The highest BCUT2D eigenvalue weighted by Gasteiger charge is 2.15. The summed E-state index contributed by atoms with van der Waals surface area (Å²) in [6.07, 6.45) is 0. The molecule has 0 aliphatic carbocycles. The molecule has 3 aromatic rings. The van der Waals surface area contributed by atoms with Crippen LogP contribution in [0.4, 0.5) is 4.39 Å². The molecule has 0 aliphatic rings. The number of H-pyrrole nitrogens is 2. The molecule has 2 aromatic carbocycles. The van der Waals surface area contributed by atoms with Crippen LogP contribution in [0.2, 0.25) is 0 Å². The molecule has 33 heavy (non-hydrogen) atoms. The minimum absolute atomic E-state index is 0.0437. The second kappa shape index (κ2) is 11.3. The van der Waals surface area contributed by atoms with Crippen molar-refractivity contribution >= 4 is 0 Å². The number of halogens is 1. The second-order valence-electron chi connectivity index (χ2n) is 11.1. The van der Waals surface area contributed by atoms with Crippen LogP contribution in [0.3, 0.4) is 0 Å². The van der Waals surface area contributed by atoms with Gasteiger partial charge in [0.05, 0.1) is 0 Å². The Labute approximate surface area is 197 Å². The third-order valence-electron chi connectivity index (χ3n) is 4.90. The second-order valence-corrected chi connectivity index (χ2v) is 11.1. The number of benzene rings is 2. The van der Waals surface area contributed by atoms with Gasteiger partial charge in [0.15, 0.2) is 0 Å². The summed E-state index contributed by atoms with van der Waals surface area (Å²) in [5.74, 6) is -0.155. The van der Waals surface area contributed by atoms with Crippen molar-refractivity contribution in [2.45, 2.75) is 78.6 Å². The molecule has 3 rings (SSSR count). The zero-order chi connectivity index (χ0) is 25.4. The Morgan fingerprint density at radius 2 is 1.12 bits per heavy atom. The summed E-state index contributed by atoms with van der Waals surface area (Å²) in [7, 11) is 0. The SMILES string of the molecule is CC(C)(C)c1cc(=O)[nH]c(=O)[nH]1.CC(C)(C)c1cccc(F)c1.CC(C)(C)c1ccccc1. The van der Waals surface area contributed by atoms with E-state index >= 15 is 0 Å². The highest BCUT2D eigenvalue weighted by atomic mass is 19.1. The lowest BCUT2D eigenvalue weighted by Gasteiger charge is -2.18. The van der Waals surface area contributed by atoms with E-state index in [1.54, 1.807) is 12.1 Å². The van der Waals surface area contributed by atoms with Crippen LogP contribution >= 0.6 is 0 Å². The van der Waals surface area contributed by atoms with Gasteiger partial charge in [-0.2, -0.15) is 0 Å². The average Bonchev–Trinajstić information content (AvgIpc) is 2.67. The van der Waals surface area contributed by atoms with Gasteiger partial charge in [-0.25, -0.2) is 9.18 Å². The monoisotopic (exact) mass is 454 g/mol. The first kappa shape index (κ1) is 28.1. The average molecular weight is 455 g/mol. The van der Waals surface area contributed by atoms with Crippen LogP contribution in [0, 0.1) is 5.82 Å². The highest BCUT2D eigenvalue weighted by molar-refractivity contribution is 5.23. The first-order valence-electron chi connectivity index (χ1n) is 11.2. The minimum atomic E-state index is -0.451. The molecule has 0 saturated heterocycles. The van der Waals surface area contributed by atoms with Crippen LogP contribution < -0.4 is 11.2 Å². The van der Waals surface area contributed by atoms with Crippen molar-refractivity contribution in [1.82, 2.24) is 9.97 Å². The normalized spacial score (nSPS) is 11.6. The van der Waals surface area contributed by atoms with Crippen LogP contribution in [-0.2, 0) is 16.2 Å². The summed E-state index contributed by atoms with van der Waals surface area (Å²) in [5, 5.41) is 0. The largest absolute Gasteiger partial charge is 0.325 e. The molecule has 0 unspecified atom stereocenters. The van der Waals surface area contributed by atoms with Crippen LogP contribution in [-0.4, -0.2) is 9.97 Å². The van der Waals surface area contributed by atoms with E-state index in [0.29, 0.717) is 11.1 Å². The van der Waals surface area contributed by atoms with Crippen LogP contribution in [0.25, 0.3) is 0 Å². The Morgan fingerprint density at radius 3 is 1.48 bits per heavy atom. The lowest BCUT2D eigenvalue weighted by Crippen LogP contribution is -2.27. The molecule has 0 fully saturated rings. The molecule has 0 saturated carbocycles. The number of hydrogen-bond donors (Lipinski definition) is 2. The van der Waals surface area contributed by atoms with Crippen molar-refractivity contribution in [3.63, 3.8) is 0 Å². The predicted molar refractivity (Wildman–Crippen MR) is 137 cm³/mol. The number of aromatic amines is 2. The lowest BCUT2D eigenvalue weighted by atomic mass is 9.87. The predicted octanol–water partition coefficient (Wildman–Crippen LogP) is 6.47. The third kappa shape index (κ3) is 10.5. The molecule has 0 spiro atoms. The molecular weight excluding hydrogens is 415 g/mol. The van der Waals surface area contributed by atoms with E-state index in [1.165, 1.54) is 17.7 Å². The first-order chi connectivity index (χ1) is 15.0. The van der Waals surface area contributed by atoms with Gasteiger partial charge in [0.2, 0.25) is 0 Å². The summed E-state index contributed by atoms with van der Waals surface area (Å²) >= 11 is 0. The summed E-state index contributed by atoms with van der Waals surface area (Å²) in [4.78, 5) is 26.4. The Bertz CT molecular complexity index is 1080. The van der Waals surface area contributed by atoms with E-state index < -0.39 is 5.69 Å². The molecule has 0 aliphatic heterocycles. The fraction of sp³-hybridized carbons (Fsp3) is 0.429. The summed E-state index contributed by atoms with van der Waals surface area (Å²) < 4.78 is 12.7. The van der Waals surface area contributed by atoms with Crippen molar-refractivity contribution in [3.8, 4) is 0 Å². The molecule has 0 radical (unpaired) electrons. The van der Waals surface area contributed by atoms with E-state index in [9.17, 15) is 14.0 Å². The Hall–Kier alpha value is -2.95. The fourth-order valence-corrected chi connectivity index (χ4v) is 2.77. The topological polar surface area (TPSA) is 65.7 Å². The van der Waals surface area contributed by atoms with Gasteiger partial charge >= 0.3 is 5.69 Å². The van der Waals surface area contributed by atoms with Crippen molar-refractivity contribution in [2.75, 3.05) is 0 Å². The molecular formula is C28H39FN2O2. The molecule has 0 bridgehead atoms. The van der Waals surface area contributed by atoms with E-state index in [2.05, 4.69) is 81.8 Å². The number of hydrogen-bond acceptors (Lipinski definition) is 2. The van der Waals surface area contributed by atoms with Gasteiger partial charge in [-0.3, -0.25) is 9.78 Å². The van der Waals surface area contributed by atoms with Crippen molar-refractivity contribution in [1.29, 1.82) is 0 Å². The third-order valence-corrected chi connectivity index (χ3v) is 4.90. The molecule has 180 valence electrons. The molecule has 2 N–H and O–H groups in total. The zero-order valence-corrected chi connectivity index (χ0v) is 21.5. The van der Waals surface area contributed by atoms with E-state index in [4.69, 9.17) is 0 Å². The number of aromatic nitrogens is 2. The van der Waals surface area contributed by atoms with Gasteiger partial charge in [-0.05, 0) is 34.1 Å².